The molecule has 0 saturated heterocycles. The van der Waals surface area contributed by atoms with Crippen molar-refractivity contribution in [2.24, 2.45) is 0 Å². The van der Waals surface area contributed by atoms with Crippen molar-refractivity contribution >= 4 is 11.9 Å². The van der Waals surface area contributed by atoms with Gasteiger partial charge in [0, 0.05) is 12.2 Å². The van der Waals surface area contributed by atoms with E-state index in [-0.39, 0.29) is 18.9 Å². The van der Waals surface area contributed by atoms with Crippen LogP contribution in [0.3, 0.4) is 0 Å². The van der Waals surface area contributed by atoms with Crippen LogP contribution in [0.4, 0.5) is 0 Å². The van der Waals surface area contributed by atoms with Gasteiger partial charge in [-0.25, -0.2) is 0 Å². The van der Waals surface area contributed by atoms with E-state index in [2.05, 4.69) is 48.5 Å². The van der Waals surface area contributed by atoms with Crippen molar-refractivity contribution in [3.63, 3.8) is 0 Å². The van der Waals surface area contributed by atoms with Crippen molar-refractivity contribution in [3.8, 4) is 0 Å². The Labute approximate surface area is 160 Å². The van der Waals surface area contributed by atoms with Crippen LogP contribution in [0.2, 0.25) is 0 Å². The quantitative estimate of drug-likeness (QED) is 0.688. The predicted molar refractivity (Wildman–Crippen MR) is 105 cm³/mol. The van der Waals surface area contributed by atoms with Gasteiger partial charge in [-0.3, -0.25) is 14.3 Å². The highest BCUT2D eigenvalue weighted by molar-refractivity contribution is 5.80. The molecule has 1 heterocycles. The fourth-order valence-corrected chi connectivity index (χ4v) is 2.78. The number of amides is 1. The maximum absolute atomic E-state index is 11.8. The average Bonchev–Trinajstić information content (AvgIpc) is 2.96. The third-order valence-corrected chi connectivity index (χ3v) is 4.38. The lowest BCUT2D eigenvalue weighted by Crippen LogP contribution is -2.30. The Balaban J connectivity index is 1.62. The lowest BCUT2D eigenvalue weighted by molar-refractivity contribution is -0.148. The SMILES string of the molecule is Cc1cc(C)n(CCC(=O)OCC(=O)NCCc2ccc(C(C)C)cc2)n1. The number of aryl methyl sites for hydroxylation is 3. The van der Waals surface area contributed by atoms with E-state index in [4.69, 9.17) is 4.74 Å². The second-order valence-electron chi connectivity index (χ2n) is 7.06. The van der Waals surface area contributed by atoms with Crippen LogP contribution in [-0.2, 0) is 27.3 Å². The van der Waals surface area contributed by atoms with Crippen LogP contribution in [0, 0.1) is 13.8 Å². The molecule has 1 aromatic heterocycles. The fraction of sp³-hybridized carbons (Fsp3) is 0.476. The van der Waals surface area contributed by atoms with Crippen molar-refractivity contribution in [3.05, 3.63) is 52.8 Å². The van der Waals surface area contributed by atoms with Crippen LogP contribution >= 0.6 is 0 Å². The summed E-state index contributed by atoms with van der Waals surface area (Å²) in [5.41, 5.74) is 4.38. The second-order valence-corrected chi connectivity index (χ2v) is 7.06. The summed E-state index contributed by atoms with van der Waals surface area (Å²) in [6.45, 7) is 8.89. The first kappa shape index (κ1) is 20.7. The van der Waals surface area contributed by atoms with E-state index < -0.39 is 5.97 Å². The molecule has 0 aliphatic heterocycles. The fourth-order valence-electron chi connectivity index (χ4n) is 2.78. The van der Waals surface area contributed by atoms with Crippen molar-refractivity contribution in [1.82, 2.24) is 15.1 Å². The number of aromatic nitrogens is 2. The number of nitrogens with one attached hydrogen (secondary N) is 1. The van der Waals surface area contributed by atoms with Gasteiger partial charge in [0.25, 0.3) is 5.91 Å². The Morgan fingerprint density at radius 2 is 1.89 bits per heavy atom. The molecule has 1 aromatic carbocycles. The van der Waals surface area contributed by atoms with Crippen LogP contribution in [0.1, 0.15) is 48.7 Å². The van der Waals surface area contributed by atoms with E-state index in [1.165, 1.54) is 11.1 Å². The molecule has 6 nitrogen and oxygen atoms in total. The topological polar surface area (TPSA) is 73.2 Å². The Kier molecular flexibility index (Phi) is 7.58. The van der Waals surface area contributed by atoms with Crippen LogP contribution in [0.15, 0.2) is 30.3 Å². The Hall–Kier alpha value is -2.63. The number of hydrogen-bond acceptors (Lipinski definition) is 4. The van der Waals surface area contributed by atoms with Crippen molar-refractivity contribution < 1.29 is 14.3 Å². The first-order valence-electron chi connectivity index (χ1n) is 9.37. The van der Waals surface area contributed by atoms with E-state index in [1.54, 1.807) is 4.68 Å². The summed E-state index contributed by atoms with van der Waals surface area (Å²) in [5.74, 6) is -0.176. The van der Waals surface area contributed by atoms with Crippen LogP contribution in [0.25, 0.3) is 0 Å². The Bertz CT molecular complexity index is 763. The minimum absolute atomic E-state index is 0.192. The molecule has 146 valence electrons. The van der Waals surface area contributed by atoms with Crippen molar-refractivity contribution in [2.45, 2.75) is 53.0 Å². The van der Waals surface area contributed by atoms with E-state index in [0.717, 1.165) is 17.8 Å². The third kappa shape index (κ3) is 6.89. The molecular weight excluding hydrogens is 342 g/mol. The van der Waals surface area contributed by atoms with E-state index in [0.29, 0.717) is 19.0 Å². The lowest BCUT2D eigenvalue weighted by Gasteiger charge is -2.09. The van der Waals surface area contributed by atoms with Gasteiger partial charge in [-0.05, 0) is 43.4 Å². The molecule has 0 spiro atoms. The van der Waals surface area contributed by atoms with Gasteiger partial charge in [0.1, 0.15) is 0 Å². The van der Waals surface area contributed by atoms with Crippen molar-refractivity contribution in [2.75, 3.05) is 13.2 Å². The summed E-state index contributed by atoms with van der Waals surface area (Å²) in [6, 6.07) is 10.4. The second kappa shape index (κ2) is 9.90. The van der Waals surface area contributed by atoms with Gasteiger partial charge in [-0.15, -0.1) is 0 Å². The van der Waals surface area contributed by atoms with Crippen LogP contribution in [0.5, 0.6) is 0 Å². The van der Waals surface area contributed by atoms with Crippen molar-refractivity contribution in [1.29, 1.82) is 0 Å². The first-order chi connectivity index (χ1) is 12.8. The number of carbonyl (C=O) groups excluding carboxylic acids is 2. The third-order valence-electron chi connectivity index (χ3n) is 4.38. The number of benzene rings is 1. The standard InChI is InChI=1S/C21H29N3O3/c1-15(2)19-7-5-18(6-8-19)9-11-22-20(25)14-27-21(26)10-12-24-17(4)13-16(3)23-24/h5-8,13,15H,9-12,14H2,1-4H3,(H,22,25). The number of nitrogens with zero attached hydrogens (tertiary/aromatic N) is 2. The van der Waals surface area contributed by atoms with E-state index >= 15 is 0 Å². The summed E-state index contributed by atoms with van der Waals surface area (Å²) in [4.78, 5) is 23.6. The highest BCUT2D eigenvalue weighted by Gasteiger charge is 2.09. The molecule has 0 saturated carbocycles. The molecular formula is C21H29N3O3. The summed E-state index contributed by atoms with van der Waals surface area (Å²) in [5, 5.41) is 7.07. The van der Waals surface area contributed by atoms with Crippen LogP contribution in [-0.4, -0.2) is 34.8 Å². The summed E-state index contributed by atoms with van der Waals surface area (Å²) in [7, 11) is 0. The van der Waals surface area contributed by atoms with E-state index in [9.17, 15) is 9.59 Å². The molecule has 27 heavy (non-hydrogen) atoms. The number of hydrogen-bond donors (Lipinski definition) is 1. The molecule has 0 fully saturated rings. The smallest absolute Gasteiger partial charge is 0.308 e. The molecule has 1 amide bonds. The number of esters is 1. The largest absolute Gasteiger partial charge is 0.456 e. The Morgan fingerprint density at radius 3 is 2.48 bits per heavy atom. The van der Waals surface area contributed by atoms with Gasteiger partial charge in [0.15, 0.2) is 6.61 Å². The number of ether oxygens (including phenoxy) is 1. The minimum Gasteiger partial charge on any atom is -0.456 e. The molecule has 0 aliphatic carbocycles. The molecule has 1 N–H and O–H groups in total. The lowest BCUT2D eigenvalue weighted by atomic mass is 10.0. The average molecular weight is 371 g/mol. The zero-order valence-corrected chi connectivity index (χ0v) is 16.6. The molecule has 6 heteroatoms. The maximum Gasteiger partial charge on any atom is 0.308 e. The zero-order valence-electron chi connectivity index (χ0n) is 16.6. The summed E-state index contributed by atoms with van der Waals surface area (Å²) < 4.78 is 6.79. The van der Waals surface area contributed by atoms with Gasteiger partial charge in [-0.1, -0.05) is 38.1 Å². The van der Waals surface area contributed by atoms with E-state index in [1.807, 2.05) is 19.9 Å². The normalized spacial score (nSPS) is 10.9. The maximum atomic E-state index is 11.8. The number of carbonyl (C=O) groups is 2. The monoisotopic (exact) mass is 371 g/mol. The molecule has 0 aliphatic rings. The molecule has 0 unspecified atom stereocenters. The minimum atomic E-state index is -0.401. The summed E-state index contributed by atoms with van der Waals surface area (Å²) >= 11 is 0. The Morgan fingerprint density at radius 1 is 1.19 bits per heavy atom. The van der Waals surface area contributed by atoms with Crippen LogP contribution < -0.4 is 5.32 Å². The molecule has 0 bridgehead atoms. The molecule has 2 rings (SSSR count). The summed E-state index contributed by atoms with van der Waals surface area (Å²) in [6.07, 6.45) is 0.938. The zero-order chi connectivity index (χ0) is 19.8. The highest BCUT2D eigenvalue weighted by Crippen LogP contribution is 2.14. The number of rotatable bonds is 9. The predicted octanol–water partition coefficient (Wildman–Crippen LogP) is 2.92. The van der Waals surface area contributed by atoms with Gasteiger partial charge in [0.05, 0.1) is 18.7 Å². The van der Waals surface area contributed by atoms with Gasteiger partial charge in [-0.2, -0.15) is 5.10 Å². The molecule has 2 aromatic rings. The van der Waals surface area contributed by atoms with Gasteiger partial charge >= 0.3 is 5.97 Å². The first-order valence-corrected chi connectivity index (χ1v) is 9.37. The van der Waals surface area contributed by atoms with Gasteiger partial charge in [0.2, 0.25) is 0 Å². The highest BCUT2D eigenvalue weighted by atomic mass is 16.5. The molecule has 0 radical (unpaired) electrons. The van der Waals surface area contributed by atoms with Gasteiger partial charge < -0.3 is 10.1 Å². The molecule has 0 atom stereocenters.